The second-order valence-corrected chi connectivity index (χ2v) is 7.46. The first kappa shape index (κ1) is 21.5. The highest BCUT2D eigenvalue weighted by atomic mass is 16.5. The van der Waals surface area contributed by atoms with Gasteiger partial charge in [-0.15, -0.1) is 0 Å². The van der Waals surface area contributed by atoms with Crippen molar-refractivity contribution in [3.63, 3.8) is 0 Å². The number of pyridine rings is 1. The van der Waals surface area contributed by atoms with Crippen LogP contribution in [0.25, 0.3) is 16.5 Å². The molecule has 1 aliphatic heterocycles. The zero-order chi connectivity index (χ0) is 20.8. The Morgan fingerprint density at radius 1 is 1.31 bits per heavy atom. The van der Waals surface area contributed by atoms with Crippen molar-refractivity contribution in [2.75, 3.05) is 52.1 Å². The van der Waals surface area contributed by atoms with Crippen LogP contribution in [0.3, 0.4) is 0 Å². The van der Waals surface area contributed by atoms with Gasteiger partial charge in [0.2, 0.25) is 0 Å². The molecular formula is C22H32N4O3. The fourth-order valence-electron chi connectivity index (χ4n) is 3.80. The van der Waals surface area contributed by atoms with Gasteiger partial charge in [0.1, 0.15) is 18.2 Å². The van der Waals surface area contributed by atoms with Crippen LogP contribution in [0, 0.1) is 6.92 Å². The molecule has 3 rings (SSSR count). The van der Waals surface area contributed by atoms with Crippen LogP contribution in [0.1, 0.15) is 30.0 Å². The van der Waals surface area contributed by atoms with Crippen LogP contribution >= 0.6 is 0 Å². The van der Waals surface area contributed by atoms with Crippen LogP contribution in [0.4, 0.5) is 5.82 Å². The standard InChI is InChI=1S/C22H32N4O3/c1-15(2)20-19(14-26-6-5-8-28-9-7-26)18-13-17(29-11-10-27-4)12-16(3)21(18)24-22(20)25-23/h12-13H,1,5-11,14,23H2,2-4H3,(H,24,25). The van der Waals surface area contributed by atoms with E-state index in [1.165, 1.54) is 0 Å². The number of nitrogen functional groups attached to an aromatic ring is 1. The SMILES string of the molecule is C=C(C)c1c(NN)nc2c(C)cc(OCCOC)cc2c1CN1CCCOCC1. The van der Waals surface area contributed by atoms with E-state index in [-0.39, 0.29) is 0 Å². The van der Waals surface area contributed by atoms with Crippen LogP contribution in [0.2, 0.25) is 0 Å². The topological polar surface area (TPSA) is 81.9 Å². The molecule has 0 saturated carbocycles. The predicted octanol–water partition coefficient (Wildman–Crippen LogP) is 3.11. The van der Waals surface area contributed by atoms with E-state index < -0.39 is 0 Å². The number of hydrogen-bond donors (Lipinski definition) is 2. The van der Waals surface area contributed by atoms with E-state index >= 15 is 0 Å². The maximum atomic E-state index is 5.91. The molecule has 0 radical (unpaired) electrons. The van der Waals surface area contributed by atoms with Gasteiger partial charge in [-0.25, -0.2) is 10.8 Å². The molecular weight excluding hydrogens is 368 g/mol. The van der Waals surface area contributed by atoms with Gasteiger partial charge in [0, 0.05) is 44.3 Å². The van der Waals surface area contributed by atoms with Crippen molar-refractivity contribution in [3.8, 4) is 5.75 Å². The van der Waals surface area contributed by atoms with Gasteiger partial charge in [-0.3, -0.25) is 4.90 Å². The summed E-state index contributed by atoms with van der Waals surface area (Å²) < 4.78 is 16.6. The summed E-state index contributed by atoms with van der Waals surface area (Å²) in [5, 5.41) is 1.07. The number of aromatic nitrogens is 1. The van der Waals surface area contributed by atoms with Gasteiger partial charge in [0.15, 0.2) is 0 Å². The third-order valence-electron chi connectivity index (χ3n) is 5.18. The number of hydrazine groups is 1. The summed E-state index contributed by atoms with van der Waals surface area (Å²) in [7, 11) is 1.67. The highest BCUT2D eigenvalue weighted by Gasteiger charge is 2.20. The minimum atomic E-state index is 0.503. The van der Waals surface area contributed by atoms with Crippen molar-refractivity contribution in [1.82, 2.24) is 9.88 Å². The highest BCUT2D eigenvalue weighted by Crippen LogP contribution is 2.35. The lowest BCUT2D eigenvalue weighted by Gasteiger charge is -2.24. The number of fused-ring (bicyclic) bond motifs is 1. The number of methoxy groups -OCH3 is 1. The molecule has 1 aromatic heterocycles. The fraction of sp³-hybridized carbons (Fsp3) is 0.500. The van der Waals surface area contributed by atoms with Gasteiger partial charge < -0.3 is 19.6 Å². The number of aryl methyl sites for hydroxylation is 1. The second kappa shape index (κ2) is 10.0. The number of rotatable bonds is 8. The summed E-state index contributed by atoms with van der Waals surface area (Å²) in [6.07, 6.45) is 1.03. The lowest BCUT2D eigenvalue weighted by molar-refractivity contribution is 0.140. The van der Waals surface area contributed by atoms with E-state index in [1.807, 2.05) is 19.9 Å². The van der Waals surface area contributed by atoms with Gasteiger partial charge in [-0.1, -0.05) is 6.58 Å². The third-order valence-corrected chi connectivity index (χ3v) is 5.18. The van der Waals surface area contributed by atoms with E-state index in [2.05, 4.69) is 23.0 Å². The van der Waals surface area contributed by atoms with Crippen LogP contribution in [-0.4, -0.2) is 56.5 Å². The first-order chi connectivity index (χ1) is 14.0. The monoisotopic (exact) mass is 400 g/mol. The summed E-state index contributed by atoms with van der Waals surface area (Å²) in [6.45, 7) is 13.5. The van der Waals surface area contributed by atoms with Crippen molar-refractivity contribution >= 4 is 22.3 Å². The third kappa shape index (κ3) is 5.05. The predicted molar refractivity (Wildman–Crippen MR) is 117 cm³/mol. The molecule has 0 aliphatic carbocycles. The lowest BCUT2D eigenvalue weighted by atomic mass is 9.95. The molecule has 0 unspecified atom stereocenters. The maximum Gasteiger partial charge on any atom is 0.148 e. The first-order valence-corrected chi connectivity index (χ1v) is 10.1. The van der Waals surface area contributed by atoms with Crippen molar-refractivity contribution in [1.29, 1.82) is 0 Å². The average molecular weight is 401 g/mol. The largest absolute Gasteiger partial charge is 0.491 e. The molecule has 1 saturated heterocycles. The molecule has 0 bridgehead atoms. The molecule has 7 heteroatoms. The Kier molecular flexibility index (Phi) is 7.44. The van der Waals surface area contributed by atoms with E-state index in [4.69, 9.17) is 25.0 Å². The minimum Gasteiger partial charge on any atom is -0.491 e. The van der Waals surface area contributed by atoms with E-state index in [1.54, 1.807) is 7.11 Å². The molecule has 158 valence electrons. The lowest BCUT2D eigenvalue weighted by Crippen LogP contribution is -2.27. The summed E-state index contributed by atoms with van der Waals surface area (Å²) in [4.78, 5) is 7.22. The van der Waals surface area contributed by atoms with Crippen LogP contribution in [0.15, 0.2) is 18.7 Å². The van der Waals surface area contributed by atoms with Gasteiger partial charge in [0.05, 0.1) is 18.7 Å². The van der Waals surface area contributed by atoms with Crippen molar-refractivity contribution in [3.05, 3.63) is 35.4 Å². The fourth-order valence-corrected chi connectivity index (χ4v) is 3.80. The Morgan fingerprint density at radius 2 is 2.14 bits per heavy atom. The second-order valence-electron chi connectivity index (χ2n) is 7.46. The molecule has 0 spiro atoms. The molecule has 2 heterocycles. The molecule has 7 nitrogen and oxygen atoms in total. The zero-order valence-corrected chi connectivity index (χ0v) is 17.7. The van der Waals surface area contributed by atoms with Gasteiger partial charge in [0.25, 0.3) is 0 Å². The molecule has 0 atom stereocenters. The molecule has 29 heavy (non-hydrogen) atoms. The van der Waals surface area contributed by atoms with Crippen LogP contribution in [0.5, 0.6) is 5.75 Å². The molecule has 0 amide bonds. The molecule has 3 N–H and O–H groups in total. The van der Waals surface area contributed by atoms with Crippen molar-refractivity contribution in [2.45, 2.75) is 26.8 Å². The zero-order valence-electron chi connectivity index (χ0n) is 17.7. The summed E-state index contributed by atoms with van der Waals surface area (Å²) >= 11 is 0. The number of nitrogens with two attached hydrogens (primary N) is 1. The maximum absolute atomic E-state index is 5.91. The Balaban J connectivity index is 2.13. The van der Waals surface area contributed by atoms with E-state index in [0.29, 0.717) is 19.0 Å². The number of allylic oxidation sites excluding steroid dienone is 1. The summed E-state index contributed by atoms with van der Waals surface area (Å²) in [5.74, 6) is 7.31. The molecule has 1 fully saturated rings. The average Bonchev–Trinajstić information content (AvgIpc) is 2.96. The number of hydrogen-bond acceptors (Lipinski definition) is 7. The normalized spacial score (nSPS) is 15.3. The number of nitrogens with zero attached hydrogens (tertiary/aromatic N) is 2. The molecule has 1 aromatic carbocycles. The van der Waals surface area contributed by atoms with Crippen molar-refractivity contribution < 1.29 is 14.2 Å². The Morgan fingerprint density at radius 3 is 2.86 bits per heavy atom. The molecule has 1 aliphatic rings. The minimum absolute atomic E-state index is 0.503. The van der Waals surface area contributed by atoms with Gasteiger partial charge in [-0.05, 0) is 49.1 Å². The number of benzene rings is 1. The Labute approximate surface area is 172 Å². The van der Waals surface area contributed by atoms with Crippen molar-refractivity contribution in [2.24, 2.45) is 5.84 Å². The van der Waals surface area contributed by atoms with E-state index in [0.717, 1.165) is 78.2 Å². The highest BCUT2D eigenvalue weighted by molar-refractivity contribution is 5.93. The summed E-state index contributed by atoms with van der Waals surface area (Å²) in [6, 6.07) is 4.08. The number of anilines is 1. The van der Waals surface area contributed by atoms with Crippen LogP contribution in [-0.2, 0) is 16.0 Å². The Hall–Kier alpha value is -2.19. The summed E-state index contributed by atoms with van der Waals surface area (Å²) in [5.41, 5.74) is 7.80. The number of nitrogens with one attached hydrogen (secondary N) is 1. The number of ether oxygens (including phenoxy) is 3. The molecule has 2 aromatic rings. The van der Waals surface area contributed by atoms with Gasteiger partial charge in [-0.2, -0.15) is 0 Å². The van der Waals surface area contributed by atoms with Gasteiger partial charge >= 0.3 is 0 Å². The quantitative estimate of drug-likeness (QED) is 0.400. The first-order valence-electron chi connectivity index (χ1n) is 10.1. The smallest absolute Gasteiger partial charge is 0.148 e. The Bertz CT molecular complexity index is 861. The van der Waals surface area contributed by atoms with E-state index in [9.17, 15) is 0 Å². The van der Waals surface area contributed by atoms with Crippen LogP contribution < -0.4 is 16.0 Å².